The summed E-state index contributed by atoms with van der Waals surface area (Å²) in [6.45, 7) is 5.47. The molecule has 0 aliphatic carbocycles. The first kappa shape index (κ1) is 26.9. The van der Waals surface area contributed by atoms with Gasteiger partial charge in [-0.2, -0.15) is 10.2 Å². The van der Waals surface area contributed by atoms with Crippen molar-refractivity contribution in [2.45, 2.75) is 12.5 Å². The van der Waals surface area contributed by atoms with E-state index in [1.165, 1.54) is 18.2 Å². The quantitative estimate of drug-likeness (QED) is 0.175. The highest BCUT2D eigenvalue weighted by molar-refractivity contribution is 7.18. The number of aromatic nitrogens is 5. The second kappa shape index (κ2) is 11.3. The minimum absolute atomic E-state index is 0.0399. The number of halogens is 1. The Balaban J connectivity index is 1.52. The summed E-state index contributed by atoms with van der Waals surface area (Å²) in [5.74, 6) is -0.0566. The Morgan fingerprint density at radius 1 is 1.17 bits per heavy atom. The molecular weight excluding hydrogens is 543 g/mol. The molecule has 0 N–H and O–H groups in total. The van der Waals surface area contributed by atoms with Crippen molar-refractivity contribution in [3.05, 3.63) is 72.9 Å². The predicted octanol–water partition coefficient (Wildman–Crippen LogP) is 5.35. The first-order valence-electron chi connectivity index (χ1n) is 13.2. The number of nitrogens with zero attached hydrogens (tertiary/aromatic N) is 6. The lowest BCUT2D eigenvalue weighted by atomic mass is 9.97. The van der Waals surface area contributed by atoms with Crippen molar-refractivity contribution >= 4 is 27.3 Å². The summed E-state index contributed by atoms with van der Waals surface area (Å²) in [4.78, 5) is 19.1. The lowest BCUT2D eigenvalue weighted by Crippen LogP contribution is -2.27. The maximum atomic E-state index is 14.4. The van der Waals surface area contributed by atoms with E-state index >= 15 is 0 Å². The molecule has 9 nitrogen and oxygen atoms in total. The second-order valence-corrected chi connectivity index (χ2v) is 10.8. The van der Waals surface area contributed by atoms with Crippen LogP contribution in [0.1, 0.15) is 12.5 Å². The van der Waals surface area contributed by atoms with Gasteiger partial charge in [-0.25, -0.2) is 9.37 Å². The number of ether oxygens (including phenoxy) is 2. The maximum absolute atomic E-state index is 14.4. The van der Waals surface area contributed by atoms with Crippen LogP contribution in [0.4, 0.5) is 4.39 Å². The SMILES string of the molecule is C=CC(=O)N1CC[C@H](n2cc(-c3nc(-c4cnn(C)c4)c4ccsc4c3-c3ccc(F)cc3OCCOC)cn2)C1. The molecule has 5 heterocycles. The van der Waals surface area contributed by atoms with E-state index in [0.717, 1.165) is 44.5 Å². The molecule has 0 saturated carbocycles. The minimum atomic E-state index is -0.391. The number of fused-ring (bicyclic) bond motifs is 1. The molecule has 1 aromatic carbocycles. The molecule has 0 bridgehead atoms. The van der Waals surface area contributed by atoms with Crippen molar-refractivity contribution in [1.29, 1.82) is 0 Å². The van der Waals surface area contributed by atoms with Crippen LogP contribution >= 0.6 is 11.3 Å². The topological polar surface area (TPSA) is 87.3 Å². The fourth-order valence-electron chi connectivity index (χ4n) is 5.25. The van der Waals surface area contributed by atoms with Gasteiger partial charge in [-0.05, 0) is 36.1 Å². The summed E-state index contributed by atoms with van der Waals surface area (Å²) in [7, 11) is 3.47. The second-order valence-electron chi connectivity index (χ2n) is 9.87. The Morgan fingerprint density at radius 2 is 2.00 bits per heavy atom. The number of benzene rings is 1. The van der Waals surface area contributed by atoms with Gasteiger partial charge >= 0.3 is 0 Å². The average Bonchev–Trinajstić information content (AvgIpc) is 3.79. The number of likely N-dealkylation sites (tertiary alicyclic amines) is 1. The lowest BCUT2D eigenvalue weighted by Gasteiger charge is -2.17. The third-order valence-corrected chi connectivity index (χ3v) is 8.17. The Bertz CT molecular complexity index is 1740. The molecule has 1 atom stereocenters. The van der Waals surface area contributed by atoms with Crippen LogP contribution in [0.15, 0.2) is 67.1 Å². The van der Waals surface area contributed by atoms with Crippen LogP contribution in [0, 0.1) is 5.82 Å². The van der Waals surface area contributed by atoms with Gasteiger partial charge in [0.15, 0.2) is 0 Å². The summed E-state index contributed by atoms with van der Waals surface area (Å²) < 4.78 is 30.3. The van der Waals surface area contributed by atoms with Gasteiger partial charge in [0.1, 0.15) is 18.2 Å². The molecule has 1 saturated heterocycles. The van der Waals surface area contributed by atoms with E-state index in [-0.39, 0.29) is 18.6 Å². The number of hydrogen-bond acceptors (Lipinski definition) is 7. The zero-order valence-corrected chi connectivity index (χ0v) is 23.6. The maximum Gasteiger partial charge on any atom is 0.246 e. The summed E-state index contributed by atoms with van der Waals surface area (Å²) in [5.41, 5.74) is 4.76. The molecule has 210 valence electrons. The summed E-state index contributed by atoms with van der Waals surface area (Å²) >= 11 is 1.59. The fraction of sp³-hybridized carbons (Fsp3) is 0.267. The molecule has 1 amide bonds. The van der Waals surface area contributed by atoms with Crippen molar-refractivity contribution in [3.63, 3.8) is 0 Å². The van der Waals surface area contributed by atoms with Gasteiger partial charge in [0.25, 0.3) is 0 Å². The highest BCUT2D eigenvalue weighted by atomic mass is 32.1. The van der Waals surface area contributed by atoms with Crippen LogP contribution in [0.2, 0.25) is 0 Å². The summed E-state index contributed by atoms with van der Waals surface area (Å²) in [5, 5.41) is 12.1. The van der Waals surface area contributed by atoms with Crippen LogP contribution < -0.4 is 4.74 Å². The molecule has 6 rings (SSSR count). The van der Waals surface area contributed by atoms with E-state index in [1.807, 2.05) is 35.6 Å². The minimum Gasteiger partial charge on any atom is -0.490 e. The van der Waals surface area contributed by atoms with Gasteiger partial charge in [0.05, 0.1) is 36.4 Å². The van der Waals surface area contributed by atoms with E-state index in [2.05, 4.69) is 11.7 Å². The molecule has 41 heavy (non-hydrogen) atoms. The number of carbonyl (C=O) groups is 1. The lowest BCUT2D eigenvalue weighted by molar-refractivity contribution is -0.125. The van der Waals surface area contributed by atoms with Gasteiger partial charge in [-0.15, -0.1) is 11.3 Å². The molecule has 1 fully saturated rings. The Morgan fingerprint density at radius 3 is 2.78 bits per heavy atom. The van der Waals surface area contributed by atoms with Crippen LogP contribution in [0.5, 0.6) is 5.75 Å². The van der Waals surface area contributed by atoms with E-state index in [4.69, 9.17) is 19.6 Å². The van der Waals surface area contributed by atoms with Gasteiger partial charge < -0.3 is 14.4 Å². The van der Waals surface area contributed by atoms with Crippen molar-refractivity contribution < 1.29 is 18.7 Å². The first-order chi connectivity index (χ1) is 20.0. The average molecular weight is 573 g/mol. The van der Waals surface area contributed by atoms with Gasteiger partial charge in [0.2, 0.25) is 5.91 Å². The Kier molecular flexibility index (Phi) is 7.38. The molecule has 0 radical (unpaired) electrons. The molecule has 0 unspecified atom stereocenters. The molecule has 0 spiro atoms. The highest BCUT2D eigenvalue weighted by Crippen LogP contribution is 2.46. The number of pyridine rings is 1. The molecule has 4 aromatic heterocycles. The van der Waals surface area contributed by atoms with E-state index in [1.54, 1.807) is 46.5 Å². The number of thiophene rings is 1. The number of aryl methyl sites for hydroxylation is 1. The third-order valence-electron chi connectivity index (χ3n) is 7.24. The third kappa shape index (κ3) is 5.14. The monoisotopic (exact) mass is 572 g/mol. The zero-order valence-electron chi connectivity index (χ0n) is 22.8. The Labute approximate surface area is 240 Å². The summed E-state index contributed by atoms with van der Waals surface area (Å²) in [6.07, 6.45) is 9.64. The number of rotatable bonds is 9. The molecule has 1 aliphatic rings. The van der Waals surface area contributed by atoms with Crippen LogP contribution in [-0.4, -0.2) is 68.8 Å². The highest BCUT2D eigenvalue weighted by Gasteiger charge is 2.28. The van der Waals surface area contributed by atoms with Crippen molar-refractivity contribution in [1.82, 2.24) is 29.4 Å². The van der Waals surface area contributed by atoms with Crippen LogP contribution in [0.25, 0.3) is 43.7 Å². The molecule has 11 heteroatoms. The van der Waals surface area contributed by atoms with Crippen molar-refractivity contribution in [2.75, 3.05) is 33.4 Å². The van der Waals surface area contributed by atoms with E-state index in [9.17, 15) is 9.18 Å². The zero-order chi connectivity index (χ0) is 28.5. The van der Waals surface area contributed by atoms with Crippen LogP contribution in [-0.2, 0) is 16.6 Å². The molecular formula is C30H29FN6O3S. The fourth-order valence-corrected chi connectivity index (χ4v) is 6.21. The van der Waals surface area contributed by atoms with E-state index in [0.29, 0.717) is 31.1 Å². The standard InChI is InChI=1S/C30H29FN6O3S/c1-4-26(38)36-9-7-22(18-36)37-17-20(15-33-37)29-27(23-6-5-21(31)13-25(23)40-11-10-39-3)30-24(8-12-41-30)28(34-29)19-14-32-35(2)16-19/h4-6,8,12-17,22H,1,7,9-11,18H2,2-3H3/t22-/m0/s1. The largest absolute Gasteiger partial charge is 0.490 e. The number of carbonyl (C=O) groups excluding carboxylic acids is 1. The van der Waals surface area contributed by atoms with Gasteiger partial charge in [-0.3, -0.25) is 14.2 Å². The predicted molar refractivity (Wildman–Crippen MR) is 156 cm³/mol. The van der Waals surface area contributed by atoms with Crippen molar-refractivity contribution in [3.8, 4) is 39.4 Å². The van der Waals surface area contributed by atoms with Crippen LogP contribution in [0.3, 0.4) is 0 Å². The number of amides is 1. The first-order valence-corrected chi connectivity index (χ1v) is 14.1. The normalized spacial score (nSPS) is 15.1. The van der Waals surface area contributed by atoms with Crippen molar-refractivity contribution in [2.24, 2.45) is 7.05 Å². The van der Waals surface area contributed by atoms with E-state index < -0.39 is 5.82 Å². The number of methoxy groups -OCH3 is 1. The summed E-state index contributed by atoms with van der Waals surface area (Å²) in [6, 6.07) is 6.66. The van der Waals surface area contributed by atoms with Gasteiger partial charge in [-0.1, -0.05) is 6.58 Å². The Hall–Kier alpha value is -4.35. The van der Waals surface area contributed by atoms with Gasteiger partial charge in [0, 0.05) is 78.0 Å². The molecule has 5 aromatic rings. The molecule has 1 aliphatic heterocycles. The smallest absolute Gasteiger partial charge is 0.246 e. The number of hydrogen-bond donors (Lipinski definition) is 0.